The molecule has 0 atom stereocenters. The molecule has 0 aliphatic rings. The van der Waals surface area contributed by atoms with Gasteiger partial charge in [-0.1, -0.05) is 6.92 Å². The molecule has 0 bridgehead atoms. The minimum atomic E-state index is -1.83. The zero-order valence-corrected chi connectivity index (χ0v) is 8.26. The van der Waals surface area contributed by atoms with Crippen LogP contribution in [0.4, 0.5) is 9.59 Å². The lowest BCUT2D eigenvalue weighted by Gasteiger charge is -2.11. The van der Waals surface area contributed by atoms with Crippen molar-refractivity contribution in [2.24, 2.45) is 0 Å². The van der Waals surface area contributed by atoms with Crippen molar-refractivity contribution in [2.75, 3.05) is 0 Å². The van der Waals surface area contributed by atoms with Crippen molar-refractivity contribution in [1.82, 2.24) is 0 Å². The summed E-state index contributed by atoms with van der Waals surface area (Å²) in [5, 5.41) is 36.7. The van der Waals surface area contributed by atoms with Gasteiger partial charge >= 0.3 is 12.3 Å². The molecule has 0 aliphatic heterocycles. The summed E-state index contributed by atoms with van der Waals surface area (Å²) in [5.41, 5.74) is -0.458. The summed E-state index contributed by atoms with van der Waals surface area (Å²) < 4.78 is 0. The third-order valence-electron chi connectivity index (χ3n) is 0.865. The van der Waals surface area contributed by atoms with Crippen LogP contribution in [0.15, 0.2) is 0 Å². The molecule has 0 aromatic heterocycles. The Hall–Kier alpha value is -1.50. The fourth-order valence-corrected chi connectivity index (χ4v) is 0. The molecule has 0 aromatic carbocycles. The maximum atomic E-state index is 8.83. The molecule has 0 rings (SSSR count). The van der Waals surface area contributed by atoms with Gasteiger partial charge in [0.15, 0.2) is 0 Å². The first-order valence-electron chi connectivity index (χ1n) is 3.59. The van der Waals surface area contributed by atoms with Crippen LogP contribution in [-0.2, 0) is 0 Å². The second-order valence-electron chi connectivity index (χ2n) is 2.73. The topological polar surface area (TPSA) is 135 Å². The van der Waals surface area contributed by atoms with E-state index in [1.165, 1.54) is 0 Å². The van der Waals surface area contributed by atoms with E-state index in [4.69, 9.17) is 35.1 Å². The van der Waals surface area contributed by atoms with E-state index in [9.17, 15) is 0 Å². The van der Waals surface area contributed by atoms with E-state index in [2.05, 4.69) is 0 Å². The third kappa shape index (κ3) is 421. The first kappa shape index (κ1) is 18.3. The first-order chi connectivity index (χ1) is 6.02. The Morgan fingerprint density at radius 3 is 1.07 bits per heavy atom. The average Bonchev–Trinajstić information content (AvgIpc) is 1.83. The molecule has 0 unspecified atom stereocenters. The second-order valence-corrected chi connectivity index (χ2v) is 2.73. The molecule has 14 heavy (non-hydrogen) atoms. The lowest BCUT2D eigenvalue weighted by Crippen LogP contribution is -2.15. The molecule has 7 heteroatoms. The largest absolute Gasteiger partial charge is 0.503 e. The van der Waals surface area contributed by atoms with Gasteiger partial charge in [0.05, 0.1) is 5.60 Å². The standard InChI is InChI=1S/C5H12O.2CH2O3/c1-4-5(2,3)6;2*2-1(3)4/h6H,4H2,1-3H3;2*(H2,2,3,4). The number of aliphatic hydroxyl groups is 1. The summed E-state index contributed by atoms with van der Waals surface area (Å²) in [6.07, 6.45) is -2.84. The molecule has 0 amide bonds. The predicted octanol–water partition coefficient (Wildman–Crippen LogP) is 1.61. The van der Waals surface area contributed by atoms with Crippen molar-refractivity contribution in [3.63, 3.8) is 0 Å². The van der Waals surface area contributed by atoms with Crippen LogP contribution >= 0.6 is 0 Å². The van der Waals surface area contributed by atoms with Crippen molar-refractivity contribution in [2.45, 2.75) is 32.8 Å². The normalized spacial score (nSPS) is 8.57. The monoisotopic (exact) mass is 212 g/mol. The quantitative estimate of drug-likeness (QED) is 0.445. The molecule has 0 radical (unpaired) electrons. The van der Waals surface area contributed by atoms with Crippen molar-refractivity contribution in [1.29, 1.82) is 0 Å². The van der Waals surface area contributed by atoms with Gasteiger partial charge in [0.2, 0.25) is 0 Å². The number of hydrogen-bond donors (Lipinski definition) is 5. The lowest BCUT2D eigenvalue weighted by molar-refractivity contribution is 0.0764. The Morgan fingerprint density at radius 2 is 1.07 bits per heavy atom. The Balaban J connectivity index is -0.000000135. The highest BCUT2D eigenvalue weighted by Gasteiger charge is 2.05. The zero-order chi connectivity index (χ0) is 12.4. The minimum absolute atomic E-state index is 0.458. The fraction of sp³-hybridized carbons (Fsp3) is 0.714. The van der Waals surface area contributed by atoms with Gasteiger partial charge in [-0.3, -0.25) is 0 Å². The molecule has 0 aromatic rings. The Labute approximate surface area is 81.2 Å². The van der Waals surface area contributed by atoms with E-state index >= 15 is 0 Å². The average molecular weight is 212 g/mol. The maximum Gasteiger partial charge on any atom is 0.503 e. The number of carbonyl (C=O) groups is 2. The van der Waals surface area contributed by atoms with Gasteiger partial charge < -0.3 is 25.5 Å². The van der Waals surface area contributed by atoms with Crippen LogP contribution in [0.3, 0.4) is 0 Å². The molecule has 0 saturated carbocycles. The van der Waals surface area contributed by atoms with Crippen LogP contribution in [0.1, 0.15) is 27.2 Å². The Bertz CT molecular complexity index is 138. The number of hydrogen-bond acceptors (Lipinski definition) is 3. The fourth-order valence-electron chi connectivity index (χ4n) is 0. The van der Waals surface area contributed by atoms with Crippen molar-refractivity contribution < 1.29 is 35.1 Å². The van der Waals surface area contributed by atoms with E-state index in [0.29, 0.717) is 0 Å². The molecular weight excluding hydrogens is 196 g/mol. The summed E-state index contributed by atoms with van der Waals surface area (Å²) in [7, 11) is 0. The maximum absolute atomic E-state index is 8.83. The van der Waals surface area contributed by atoms with E-state index < -0.39 is 17.9 Å². The van der Waals surface area contributed by atoms with E-state index in [1.54, 1.807) is 13.8 Å². The highest BCUT2D eigenvalue weighted by Crippen LogP contribution is 2.03. The summed E-state index contributed by atoms with van der Waals surface area (Å²) in [6, 6.07) is 0. The molecule has 0 spiro atoms. The van der Waals surface area contributed by atoms with Gasteiger partial charge in [-0.15, -0.1) is 0 Å². The zero-order valence-electron chi connectivity index (χ0n) is 8.26. The van der Waals surface area contributed by atoms with Crippen LogP contribution < -0.4 is 0 Å². The Kier molecular flexibility index (Phi) is 12.5. The Morgan fingerprint density at radius 1 is 1.00 bits per heavy atom. The number of carboxylic acid groups (broad SMARTS) is 4. The van der Waals surface area contributed by atoms with Crippen LogP contribution in [0.5, 0.6) is 0 Å². The van der Waals surface area contributed by atoms with Gasteiger partial charge in [0, 0.05) is 0 Å². The summed E-state index contributed by atoms with van der Waals surface area (Å²) in [5.74, 6) is 0. The van der Waals surface area contributed by atoms with E-state index in [-0.39, 0.29) is 0 Å². The summed E-state index contributed by atoms with van der Waals surface area (Å²) in [6.45, 7) is 5.56. The lowest BCUT2D eigenvalue weighted by atomic mass is 10.1. The molecule has 0 aliphatic carbocycles. The van der Waals surface area contributed by atoms with Crippen LogP contribution in [0, 0.1) is 0 Å². The van der Waals surface area contributed by atoms with Crippen molar-refractivity contribution in [3.05, 3.63) is 0 Å². The van der Waals surface area contributed by atoms with Gasteiger partial charge in [-0.25, -0.2) is 9.59 Å². The second kappa shape index (κ2) is 9.59. The third-order valence-corrected chi connectivity index (χ3v) is 0.865. The predicted molar refractivity (Wildman–Crippen MR) is 47.9 cm³/mol. The van der Waals surface area contributed by atoms with Gasteiger partial charge in [0.25, 0.3) is 0 Å². The molecule has 7 nitrogen and oxygen atoms in total. The molecule has 0 saturated heterocycles. The van der Waals surface area contributed by atoms with E-state index in [0.717, 1.165) is 6.42 Å². The number of rotatable bonds is 1. The van der Waals surface area contributed by atoms with Gasteiger partial charge in [-0.2, -0.15) is 0 Å². The summed E-state index contributed by atoms with van der Waals surface area (Å²) >= 11 is 0. The minimum Gasteiger partial charge on any atom is -0.450 e. The van der Waals surface area contributed by atoms with E-state index in [1.807, 2.05) is 6.92 Å². The molecule has 0 heterocycles. The van der Waals surface area contributed by atoms with Crippen LogP contribution in [-0.4, -0.2) is 43.4 Å². The van der Waals surface area contributed by atoms with Crippen LogP contribution in [0.25, 0.3) is 0 Å². The molecule has 5 N–H and O–H groups in total. The van der Waals surface area contributed by atoms with Crippen LogP contribution in [0.2, 0.25) is 0 Å². The smallest absolute Gasteiger partial charge is 0.450 e. The summed E-state index contributed by atoms with van der Waals surface area (Å²) in [4.78, 5) is 17.1. The van der Waals surface area contributed by atoms with Gasteiger partial charge in [0.1, 0.15) is 0 Å². The molecule has 86 valence electrons. The molecule has 0 fully saturated rings. The highest BCUT2D eigenvalue weighted by atomic mass is 16.6. The van der Waals surface area contributed by atoms with Crippen molar-refractivity contribution in [3.8, 4) is 0 Å². The highest BCUT2D eigenvalue weighted by molar-refractivity contribution is 5.53. The SMILES string of the molecule is CCC(C)(C)O.O=C(O)O.O=C(O)O. The first-order valence-corrected chi connectivity index (χ1v) is 3.59. The van der Waals surface area contributed by atoms with Crippen molar-refractivity contribution >= 4 is 12.3 Å². The van der Waals surface area contributed by atoms with Gasteiger partial charge in [-0.05, 0) is 20.3 Å². The molecular formula is C7H16O7.